The number of amides is 1. The number of aromatic nitrogens is 3. The molecule has 0 fully saturated rings. The van der Waals surface area contributed by atoms with Crippen LogP contribution in [0.25, 0.3) is 5.65 Å². The zero-order chi connectivity index (χ0) is 21.6. The van der Waals surface area contributed by atoms with E-state index in [1.54, 1.807) is 6.92 Å². The Morgan fingerprint density at radius 2 is 2.00 bits per heavy atom. The topological polar surface area (TPSA) is 80.6 Å². The van der Waals surface area contributed by atoms with Crippen LogP contribution in [0, 0.1) is 5.82 Å². The predicted molar refractivity (Wildman–Crippen MR) is 98.8 cm³/mol. The number of rotatable bonds is 0. The highest BCUT2D eigenvalue weighted by Gasteiger charge is 2.40. The van der Waals surface area contributed by atoms with Gasteiger partial charge in [-0.3, -0.25) is 4.79 Å². The molecule has 1 aliphatic rings. The summed E-state index contributed by atoms with van der Waals surface area (Å²) in [6.07, 6.45) is -2.75. The molecule has 1 amide bonds. The number of hydrogen-bond donors (Lipinski definition) is 2. The summed E-state index contributed by atoms with van der Waals surface area (Å²) in [6, 6.07) is 2.36. The van der Waals surface area contributed by atoms with Crippen LogP contribution in [0.15, 0.2) is 30.6 Å². The van der Waals surface area contributed by atoms with Gasteiger partial charge in [0.15, 0.2) is 5.65 Å². The quantitative estimate of drug-likeness (QED) is 0.541. The molecule has 3 aromatic rings. The average molecular weight is 423 g/mol. The molecule has 0 saturated carbocycles. The molecule has 11 heteroatoms. The SMILES string of the molecule is C[C@H]1CNC(=O)c2cnn3ccc(nc23)N[C@H](C)c2c(ccc(F)c2C(F)(F)F)O1. The Morgan fingerprint density at radius 3 is 2.73 bits per heavy atom. The first kappa shape index (κ1) is 19.9. The Labute approximate surface area is 168 Å². The Kier molecular flexibility index (Phi) is 4.75. The second-order valence-electron chi connectivity index (χ2n) is 6.98. The number of nitrogens with one attached hydrogen (secondary N) is 2. The highest BCUT2D eigenvalue weighted by atomic mass is 19.4. The number of nitrogens with zero attached hydrogens (tertiary/aromatic N) is 3. The van der Waals surface area contributed by atoms with Crippen LogP contribution in [0.3, 0.4) is 0 Å². The van der Waals surface area contributed by atoms with Crippen LogP contribution >= 0.6 is 0 Å². The first-order valence-electron chi connectivity index (χ1n) is 9.10. The zero-order valence-corrected chi connectivity index (χ0v) is 15.9. The van der Waals surface area contributed by atoms with Gasteiger partial charge in [0.2, 0.25) is 0 Å². The molecule has 0 unspecified atom stereocenters. The fourth-order valence-corrected chi connectivity index (χ4v) is 3.39. The second-order valence-corrected chi connectivity index (χ2v) is 6.98. The number of hydrogen-bond acceptors (Lipinski definition) is 5. The van der Waals surface area contributed by atoms with Crippen molar-refractivity contribution < 1.29 is 27.1 Å². The van der Waals surface area contributed by atoms with Gasteiger partial charge in [0.05, 0.1) is 18.8 Å². The van der Waals surface area contributed by atoms with E-state index in [0.717, 1.165) is 12.1 Å². The van der Waals surface area contributed by atoms with Crippen LogP contribution in [-0.4, -0.2) is 33.2 Å². The number of halogens is 4. The first-order valence-corrected chi connectivity index (χ1v) is 9.10. The molecule has 0 spiro atoms. The molecule has 0 aliphatic carbocycles. The van der Waals surface area contributed by atoms with Gasteiger partial charge in [-0.05, 0) is 32.0 Å². The maximum atomic E-state index is 14.2. The standard InChI is InChI=1S/C19H17F4N5O2/c1-9-7-24-18(29)11-8-25-28-6-5-14(27-17(11)28)26-10(2)15-13(30-9)4-3-12(20)16(15)19(21,22)23/h3-6,8-10H,7H2,1-2H3,(H,24,29)(H,26,27)/t9-,10+/m0/s1. The van der Waals surface area contributed by atoms with Crippen molar-refractivity contribution in [1.29, 1.82) is 0 Å². The number of carbonyl (C=O) groups excluding carboxylic acids is 1. The summed E-state index contributed by atoms with van der Waals surface area (Å²) in [5, 5.41) is 9.55. The lowest BCUT2D eigenvalue weighted by Crippen LogP contribution is -2.34. The summed E-state index contributed by atoms with van der Waals surface area (Å²) in [7, 11) is 0. The van der Waals surface area contributed by atoms with Crippen LogP contribution in [0.5, 0.6) is 5.75 Å². The minimum Gasteiger partial charge on any atom is -0.488 e. The van der Waals surface area contributed by atoms with Crippen molar-refractivity contribution in [2.45, 2.75) is 32.2 Å². The highest BCUT2D eigenvalue weighted by Crippen LogP contribution is 2.42. The predicted octanol–water partition coefficient (Wildman–Crippen LogP) is 3.57. The van der Waals surface area contributed by atoms with Crippen LogP contribution in [0.4, 0.5) is 23.4 Å². The Morgan fingerprint density at radius 1 is 1.23 bits per heavy atom. The summed E-state index contributed by atoms with van der Waals surface area (Å²) in [5.74, 6) is -1.79. The molecule has 30 heavy (non-hydrogen) atoms. The van der Waals surface area contributed by atoms with Crippen molar-refractivity contribution in [3.05, 3.63) is 53.1 Å². The van der Waals surface area contributed by atoms with Crippen LogP contribution in [0.1, 0.15) is 41.4 Å². The van der Waals surface area contributed by atoms with Gasteiger partial charge < -0.3 is 15.4 Å². The second kappa shape index (κ2) is 7.15. The monoisotopic (exact) mass is 423 g/mol. The maximum absolute atomic E-state index is 14.2. The van der Waals surface area contributed by atoms with E-state index in [1.165, 1.54) is 29.9 Å². The summed E-state index contributed by atoms with van der Waals surface area (Å²) < 4.78 is 62.4. The smallest absolute Gasteiger partial charge is 0.419 e. The summed E-state index contributed by atoms with van der Waals surface area (Å²) in [4.78, 5) is 16.8. The number of carbonyl (C=O) groups is 1. The van der Waals surface area contributed by atoms with Gasteiger partial charge in [-0.1, -0.05) is 0 Å². The van der Waals surface area contributed by atoms with Gasteiger partial charge in [0.1, 0.15) is 34.6 Å². The lowest BCUT2D eigenvalue weighted by Gasteiger charge is -2.25. The van der Waals surface area contributed by atoms with Crippen molar-refractivity contribution in [3.63, 3.8) is 0 Å². The van der Waals surface area contributed by atoms with Crippen molar-refractivity contribution in [3.8, 4) is 5.75 Å². The van der Waals surface area contributed by atoms with Gasteiger partial charge in [-0.15, -0.1) is 0 Å². The number of ether oxygens (including phenoxy) is 1. The normalized spacial score (nSPS) is 19.7. The van der Waals surface area contributed by atoms with E-state index in [-0.39, 0.29) is 34.9 Å². The molecule has 3 heterocycles. The van der Waals surface area contributed by atoms with E-state index >= 15 is 0 Å². The van der Waals surface area contributed by atoms with Crippen molar-refractivity contribution in [2.24, 2.45) is 0 Å². The van der Waals surface area contributed by atoms with Crippen molar-refractivity contribution in [2.75, 3.05) is 11.9 Å². The third-order valence-electron chi connectivity index (χ3n) is 4.73. The van der Waals surface area contributed by atoms with Gasteiger partial charge in [0, 0.05) is 11.8 Å². The molecule has 2 N–H and O–H groups in total. The largest absolute Gasteiger partial charge is 0.488 e. The Hall–Kier alpha value is -3.37. The van der Waals surface area contributed by atoms with Crippen LogP contribution in [0.2, 0.25) is 0 Å². The van der Waals surface area contributed by atoms with E-state index < -0.39 is 35.6 Å². The molecule has 7 nitrogen and oxygen atoms in total. The molecule has 0 radical (unpaired) electrons. The van der Waals surface area contributed by atoms with Crippen LogP contribution < -0.4 is 15.4 Å². The summed E-state index contributed by atoms with van der Waals surface area (Å²) in [5.41, 5.74) is -1.35. The van der Waals surface area contributed by atoms with E-state index in [4.69, 9.17) is 4.74 Å². The van der Waals surface area contributed by atoms with Gasteiger partial charge in [0.25, 0.3) is 5.91 Å². The molecular weight excluding hydrogens is 406 g/mol. The summed E-state index contributed by atoms with van der Waals surface area (Å²) in [6.45, 7) is 3.05. The van der Waals surface area contributed by atoms with Gasteiger partial charge in [-0.25, -0.2) is 13.9 Å². The summed E-state index contributed by atoms with van der Waals surface area (Å²) >= 11 is 0. The maximum Gasteiger partial charge on any atom is 0.419 e. The molecule has 2 bridgehead atoms. The molecule has 2 atom stereocenters. The molecule has 0 saturated heterocycles. The van der Waals surface area contributed by atoms with Gasteiger partial charge >= 0.3 is 6.18 Å². The fourth-order valence-electron chi connectivity index (χ4n) is 3.39. The van der Waals surface area contributed by atoms with E-state index in [1.807, 2.05) is 0 Å². The third kappa shape index (κ3) is 3.51. The molecule has 4 rings (SSSR count). The zero-order valence-electron chi connectivity index (χ0n) is 15.9. The minimum absolute atomic E-state index is 0.00976. The fraction of sp³-hybridized carbons (Fsp3) is 0.316. The third-order valence-corrected chi connectivity index (χ3v) is 4.73. The lowest BCUT2D eigenvalue weighted by molar-refractivity contribution is -0.140. The molecule has 1 aliphatic heterocycles. The Bertz CT molecular complexity index is 1130. The van der Waals surface area contributed by atoms with Crippen LogP contribution in [-0.2, 0) is 6.18 Å². The lowest BCUT2D eigenvalue weighted by atomic mass is 9.98. The minimum atomic E-state index is -4.93. The molecular formula is C19H17F4N5O2. The highest BCUT2D eigenvalue weighted by molar-refractivity contribution is 5.99. The average Bonchev–Trinajstić information content (AvgIpc) is 3.09. The van der Waals surface area contributed by atoms with Crippen molar-refractivity contribution >= 4 is 17.4 Å². The first-order chi connectivity index (χ1) is 14.1. The molecule has 1 aromatic carbocycles. The number of benzene rings is 1. The van der Waals surface area contributed by atoms with Crippen molar-refractivity contribution in [1.82, 2.24) is 19.9 Å². The van der Waals surface area contributed by atoms with Gasteiger partial charge in [-0.2, -0.15) is 18.3 Å². The number of anilines is 1. The molecule has 2 aromatic heterocycles. The number of fused-ring (bicyclic) bond motifs is 2. The molecule has 158 valence electrons. The number of alkyl halides is 3. The van der Waals surface area contributed by atoms with E-state index in [0.29, 0.717) is 0 Å². The van der Waals surface area contributed by atoms with E-state index in [9.17, 15) is 22.4 Å². The Balaban J connectivity index is 1.89. The van der Waals surface area contributed by atoms with E-state index in [2.05, 4.69) is 20.7 Å².